The molecule has 0 bridgehead atoms. The number of nitrogens with zero attached hydrogens (tertiary/aromatic N) is 2. The maximum absolute atomic E-state index is 12.6. The summed E-state index contributed by atoms with van der Waals surface area (Å²) in [7, 11) is 0. The van der Waals surface area contributed by atoms with Crippen LogP contribution in [0.3, 0.4) is 0 Å². The van der Waals surface area contributed by atoms with Crippen LogP contribution >= 0.6 is 11.6 Å². The zero-order valence-corrected chi connectivity index (χ0v) is 13.1. The highest BCUT2D eigenvalue weighted by Gasteiger charge is 2.29. The number of rotatable bonds is 4. The monoisotopic (exact) mass is 352 g/mol. The molecule has 0 saturated carbocycles. The van der Waals surface area contributed by atoms with Gasteiger partial charge in [0.1, 0.15) is 0 Å². The Bertz CT molecular complexity index is 815. The van der Waals surface area contributed by atoms with Gasteiger partial charge >= 0.3 is 6.18 Å². The molecule has 0 amide bonds. The lowest BCUT2D eigenvalue weighted by molar-refractivity contribution is -0.137. The van der Waals surface area contributed by atoms with E-state index in [-0.39, 0.29) is 0 Å². The first-order valence-electron chi connectivity index (χ1n) is 7.14. The molecule has 0 aliphatic rings. The minimum atomic E-state index is -4.34. The van der Waals surface area contributed by atoms with Crippen LogP contribution in [0.2, 0.25) is 5.02 Å². The van der Waals surface area contributed by atoms with Gasteiger partial charge in [0.05, 0.1) is 5.56 Å². The van der Waals surface area contributed by atoms with E-state index < -0.39 is 11.7 Å². The molecule has 1 aromatic heterocycles. The van der Waals surface area contributed by atoms with Crippen molar-refractivity contribution in [2.45, 2.75) is 19.0 Å². The second-order valence-electron chi connectivity index (χ2n) is 5.21. The third-order valence-electron chi connectivity index (χ3n) is 3.60. The van der Waals surface area contributed by atoms with Gasteiger partial charge in [0.2, 0.25) is 12.3 Å². The van der Waals surface area contributed by atoms with Gasteiger partial charge in [-0.15, -0.1) is 10.2 Å². The Morgan fingerprint density at radius 3 is 2.29 bits per heavy atom. The third kappa shape index (κ3) is 3.76. The van der Waals surface area contributed by atoms with E-state index in [4.69, 9.17) is 16.0 Å². The standard InChI is InChI=1S/C17H12ClF3N2O/c18-15-7-3-12(9-13(15)4-8-16-23-22-10-24-16)11-1-5-14(6-2-11)17(19,20)21/h1-3,5-7,9-10H,4,8H2. The number of hydrogen-bond donors (Lipinski definition) is 0. The summed E-state index contributed by atoms with van der Waals surface area (Å²) in [6.45, 7) is 0. The van der Waals surface area contributed by atoms with E-state index in [1.807, 2.05) is 6.07 Å². The van der Waals surface area contributed by atoms with Gasteiger partial charge in [0, 0.05) is 11.4 Å². The molecule has 7 heteroatoms. The summed E-state index contributed by atoms with van der Waals surface area (Å²) in [6, 6.07) is 10.4. The van der Waals surface area contributed by atoms with Crippen molar-refractivity contribution in [2.24, 2.45) is 0 Å². The normalized spacial score (nSPS) is 11.7. The Balaban J connectivity index is 1.82. The minimum absolute atomic E-state index is 0.506. The summed E-state index contributed by atoms with van der Waals surface area (Å²) in [5.74, 6) is 0.506. The predicted molar refractivity (Wildman–Crippen MR) is 83.6 cm³/mol. The maximum Gasteiger partial charge on any atom is 0.416 e. The summed E-state index contributed by atoms with van der Waals surface area (Å²) in [4.78, 5) is 0. The van der Waals surface area contributed by atoms with Crippen molar-refractivity contribution in [3.63, 3.8) is 0 Å². The molecule has 2 aromatic carbocycles. The molecule has 0 spiro atoms. The average Bonchev–Trinajstić information content (AvgIpc) is 3.07. The van der Waals surface area contributed by atoms with E-state index >= 15 is 0 Å². The first-order valence-corrected chi connectivity index (χ1v) is 7.52. The highest BCUT2D eigenvalue weighted by atomic mass is 35.5. The zero-order chi connectivity index (χ0) is 17.2. The Hall–Kier alpha value is -2.34. The average molecular weight is 353 g/mol. The maximum atomic E-state index is 12.6. The molecule has 3 rings (SSSR count). The lowest BCUT2D eigenvalue weighted by Gasteiger charge is -2.10. The summed E-state index contributed by atoms with van der Waals surface area (Å²) >= 11 is 6.19. The van der Waals surface area contributed by atoms with Crippen LogP contribution in [-0.4, -0.2) is 10.2 Å². The van der Waals surface area contributed by atoms with Crippen molar-refractivity contribution >= 4 is 11.6 Å². The van der Waals surface area contributed by atoms with Crippen LogP contribution in [0.15, 0.2) is 53.3 Å². The summed E-state index contributed by atoms with van der Waals surface area (Å²) < 4.78 is 43.0. The van der Waals surface area contributed by atoms with E-state index in [0.29, 0.717) is 29.3 Å². The molecule has 124 valence electrons. The lowest BCUT2D eigenvalue weighted by atomic mass is 10.00. The van der Waals surface area contributed by atoms with E-state index in [0.717, 1.165) is 23.3 Å². The fourth-order valence-electron chi connectivity index (χ4n) is 2.34. The van der Waals surface area contributed by atoms with Crippen molar-refractivity contribution in [1.82, 2.24) is 10.2 Å². The second-order valence-corrected chi connectivity index (χ2v) is 5.62. The molecule has 1 heterocycles. The number of hydrogen-bond acceptors (Lipinski definition) is 3. The van der Waals surface area contributed by atoms with Crippen LogP contribution in [0.25, 0.3) is 11.1 Å². The van der Waals surface area contributed by atoms with Gasteiger partial charge < -0.3 is 4.42 Å². The van der Waals surface area contributed by atoms with E-state index in [1.54, 1.807) is 12.1 Å². The van der Waals surface area contributed by atoms with Crippen LogP contribution in [0.4, 0.5) is 13.2 Å². The molecular formula is C17H12ClF3N2O. The van der Waals surface area contributed by atoms with Crippen molar-refractivity contribution in [1.29, 1.82) is 0 Å². The van der Waals surface area contributed by atoms with Gasteiger partial charge in [-0.1, -0.05) is 29.8 Å². The Morgan fingerprint density at radius 1 is 0.958 bits per heavy atom. The molecule has 0 fully saturated rings. The van der Waals surface area contributed by atoms with Crippen LogP contribution in [-0.2, 0) is 19.0 Å². The van der Waals surface area contributed by atoms with Crippen LogP contribution in [0.1, 0.15) is 17.0 Å². The van der Waals surface area contributed by atoms with Crippen molar-refractivity contribution < 1.29 is 17.6 Å². The van der Waals surface area contributed by atoms with Gasteiger partial charge in [0.25, 0.3) is 0 Å². The van der Waals surface area contributed by atoms with Crippen LogP contribution < -0.4 is 0 Å². The van der Waals surface area contributed by atoms with Crippen LogP contribution in [0, 0.1) is 0 Å². The van der Waals surface area contributed by atoms with Crippen LogP contribution in [0.5, 0.6) is 0 Å². The molecule has 3 aromatic rings. The Kier molecular flexibility index (Phi) is 4.57. The highest BCUT2D eigenvalue weighted by molar-refractivity contribution is 6.31. The lowest BCUT2D eigenvalue weighted by Crippen LogP contribution is -2.04. The molecule has 0 unspecified atom stereocenters. The highest BCUT2D eigenvalue weighted by Crippen LogP contribution is 2.32. The van der Waals surface area contributed by atoms with E-state index in [9.17, 15) is 13.2 Å². The number of halogens is 4. The van der Waals surface area contributed by atoms with Gasteiger partial charge in [-0.25, -0.2) is 0 Å². The van der Waals surface area contributed by atoms with Gasteiger partial charge in [0.15, 0.2) is 0 Å². The Labute approximate surface area is 141 Å². The molecule has 24 heavy (non-hydrogen) atoms. The molecule has 0 N–H and O–H groups in total. The molecule has 0 saturated heterocycles. The molecule has 0 aliphatic carbocycles. The Morgan fingerprint density at radius 2 is 1.67 bits per heavy atom. The molecule has 0 aliphatic heterocycles. The zero-order valence-electron chi connectivity index (χ0n) is 12.3. The number of benzene rings is 2. The van der Waals surface area contributed by atoms with Gasteiger partial charge in [-0.2, -0.15) is 13.2 Å². The SMILES string of the molecule is FC(F)(F)c1ccc(-c2ccc(Cl)c(CCc3nnco3)c2)cc1. The summed E-state index contributed by atoms with van der Waals surface area (Å²) in [6.07, 6.45) is -1.95. The fourth-order valence-corrected chi connectivity index (χ4v) is 2.56. The number of aromatic nitrogens is 2. The van der Waals surface area contributed by atoms with Gasteiger partial charge in [-0.05, 0) is 47.4 Å². The summed E-state index contributed by atoms with van der Waals surface area (Å²) in [5.41, 5.74) is 1.69. The molecule has 3 nitrogen and oxygen atoms in total. The molecular weight excluding hydrogens is 341 g/mol. The minimum Gasteiger partial charge on any atom is -0.428 e. The second kappa shape index (κ2) is 6.65. The van der Waals surface area contributed by atoms with Crippen molar-refractivity contribution in [2.75, 3.05) is 0 Å². The van der Waals surface area contributed by atoms with Crippen molar-refractivity contribution in [3.05, 3.63) is 70.9 Å². The molecule has 0 radical (unpaired) electrons. The first-order chi connectivity index (χ1) is 11.4. The first kappa shape index (κ1) is 16.5. The predicted octanol–water partition coefficient (Wildman–Crippen LogP) is 5.19. The fraction of sp³-hybridized carbons (Fsp3) is 0.176. The topological polar surface area (TPSA) is 38.9 Å². The quantitative estimate of drug-likeness (QED) is 0.648. The van der Waals surface area contributed by atoms with Gasteiger partial charge in [-0.3, -0.25) is 0 Å². The van der Waals surface area contributed by atoms with E-state index in [2.05, 4.69) is 10.2 Å². The third-order valence-corrected chi connectivity index (χ3v) is 3.97. The summed E-state index contributed by atoms with van der Waals surface area (Å²) in [5, 5.41) is 8.00. The smallest absolute Gasteiger partial charge is 0.416 e. The molecule has 0 atom stereocenters. The number of aryl methyl sites for hydroxylation is 2. The largest absolute Gasteiger partial charge is 0.428 e. The number of alkyl halides is 3. The van der Waals surface area contributed by atoms with E-state index in [1.165, 1.54) is 18.5 Å². The van der Waals surface area contributed by atoms with Crippen molar-refractivity contribution in [3.8, 4) is 11.1 Å².